The van der Waals surface area contributed by atoms with Gasteiger partial charge < -0.3 is 14.8 Å². The van der Waals surface area contributed by atoms with E-state index < -0.39 is 0 Å². The zero-order valence-corrected chi connectivity index (χ0v) is 20.6. The minimum absolute atomic E-state index is 0.0792. The highest BCUT2D eigenvalue weighted by molar-refractivity contribution is 6.36. The second kappa shape index (κ2) is 10.9. The molecule has 1 heterocycles. The van der Waals surface area contributed by atoms with Gasteiger partial charge in [-0.2, -0.15) is 0 Å². The maximum atomic E-state index is 13.2. The number of ether oxygens (including phenoxy) is 2. The highest BCUT2D eigenvalue weighted by Gasteiger charge is 2.27. The van der Waals surface area contributed by atoms with Crippen LogP contribution in [0.15, 0.2) is 65.7 Å². The second-order valence-electron chi connectivity index (χ2n) is 8.07. The molecule has 1 N–H and O–H groups in total. The molecule has 0 spiro atoms. The number of carbonyl (C=O) groups is 1. The molecular weight excluding hydrogens is 471 g/mol. The summed E-state index contributed by atoms with van der Waals surface area (Å²) in [6.45, 7) is 0.634. The lowest BCUT2D eigenvalue weighted by molar-refractivity contribution is -0.120. The van der Waals surface area contributed by atoms with Crippen molar-refractivity contribution in [2.75, 3.05) is 20.8 Å². The average Bonchev–Trinajstić information content (AvgIpc) is 2.85. The summed E-state index contributed by atoms with van der Waals surface area (Å²) >= 11 is 12.6. The van der Waals surface area contributed by atoms with E-state index in [0.717, 1.165) is 28.8 Å². The number of nitrogens with one attached hydrogen (secondary N) is 1. The number of benzene rings is 3. The Balaban J connectivity index is 1.67. The lowest BCUT2D eigenvalue weighted by atomic mass is 9.90. The number of carbonyl (C=O) groups excluding carboxylic acids is 1. The van der Waals surface area contributed by atoms with Gasteiger partial charge in [0.05, 0.1) is 32.4 Å². The molecule has 34 heavy (non-hydrogen) atoms. The van der Waals surface area contributed by atoms with E-state index in [4.69, 9.17) is 37.7 Å². The molecule has 0 fully saturated rings. The Hall–Kier alpha value is -3.02. The lowest BCUT2D eigenvalue weighted by Crippen LogP contribution is -2.44. The number of methoxy groups -OCH3 is 2. The highest BCUT2D eigenvalue weighted by Crippen LogP contribution is 2.33. The molecule has 1 atom stereocenters. The standard InChI is InChI=1S/C27H26Cl2N2O3/c1-33-24-14-18-11-12-30-27(19(18)15-25(24)34-2)23(13-17-7-4-3-5-8-17)31-26(32)16-20-21(28)9-6-10-22(20)29/h3-10,14-15,23H,11-13,16H2,1-2H3,(H,31,32)/t23-/m0/s1. The van der Waals surface area contributed by atoms with Crippen LogP contribution in [-0.2, 0) is 24.1 Å². The van der Waals surface area contributed by atoms with Crippen LogP contribution >= 0.6 is 23.2 Å². The van der Waals surface area contributed by atoms with Gasteiger partial charge in [0, 0.05) is 22.2 Å². The van der Waals surface area contributed by atoms with Gasteiger partial charge in [-0.25, -0.2) is 0 Å². The summed E-state index contributed by atoms with van der Waals surface area (Å²) in [5, 5.41) is 4.13. The van der Waals surface area contributed by atoms with E-state index in [-0.39, 0.29) is 18.4 Å². The Morgan fingerprint density at radius 3 is 2.35 bits per heavy atom. The first-order valence-corrected chi connectivity index (χ1v) is 11.8. The van der Waals surface area contributed by atoms with Crippen molar-refractivity contribution in [1.29, 1.82) is 0 Å². The van der Waals surface area contributed by atoms with E-state index in [0.29, 0.717) is 40.1 Å². The molecule has 1 aliphatic rings. The Kier molecular flexibility index (Phi) is 7.76. The summed E-state index contributed by atoms with van der Waals surface area (Å²) in [6.07, 6.45) is 1.46. The number of rotatable bonds is 8. The summed E-state index contributed by atoms with van der Waals surface area (Å²) in [5.41, 5.74) is 4.60. The SMILES string of the molecule is COc1cc2c(cc1OC)C([C@H](Cc1ccccc1)NC(=O)Cc1c(Cl)cccc1Cl)=NCC2. The van der Waals surface area contributed by atoms with Gasteiger partial charge in [-0.1, -0.05) is 59.6 Å². The fraction of sp³-hybridized carbons (Fsp3) is 0.259. The van der Waals surface area contributed by atoms with Crippen molar-refractivity contribution in [1.82, 2.24) is 5.32 Å². The molecule has 0 aliphatic carbocycles. The van der Waals surface area contributed by atoms with Crippen molar-refractivity contribution in [3.05, 3.63) is 93.0 Å². The molecule has 0 unspecified atom stereocenters. The number of amides is 1. The van der Waals surface area contributed by atoms with Crippen molar-refractivity contribution in [2.45, 2.75) is 25.3 Å². The predicted octanol–water partition coefficient (Wildman–Crippen LogP) is 5.33. The fourth-order valence-corrected chi connectivity index (χ4v) is 4.75. The van der Waals surface area contributed by atoms with Crippen molar-refractivity contribution in [3.63, 3.8) is 0 Å². The molecule has 0 saturated heterocycles. The Bertz CT molecular complexity index is 1190. The number of hydrogen-bond acceptors (Lipinski definition) is 4. The Labute approximate surface area is 209 Å². The number of aliphatic imine (C=N–C) groups is 1. The first kappa shape index (κ1) is 24.1. The van der Waals surface area contributed by atoms with Gasteiger partial charge in [0.2, 0.25) is 5.91 Å². The molecule has 3 aromatic rings. The monoisotopic (exact) mass is 496 g/mol. The van der Waals surface area contributed by atoms with Crippen molar-refractivity contribution >= 4 is 34.8 Å². The summed E-state index contributed by atoms with van der Waals surface area (Å²) < 4.78 is 11.0. The van der Waals surface area contributed by atoms with E-state index in [1.165, 1.54) is 0 Å². The number of hydrogen-bond donors (Lipinski definition) is 1. The Morgan fingerprint density at radius 1 is 1.00 bits per heavy atom. The van der Waals surface area contributed by atoms with Gasteiger partial charge >= 0.3 is 0 Å². The highest BCUT2D eigenvalue weighted by atomic mass is 35.5. The van der Waals surface area contributed by atoms with Gasteiger partial charge in [0.25, 0.3) is 0 Å². The zero-order valence-electron chi connectivity index (χ0n) is 19.1. The summed E-state index contributed by atoms with van der Waals surface area (Å²) in [6, 6.07) is 18.9. The zero-order chi connectivity index (χ0) is 24.1. The summed E-state index contributed by atoms with van der Waals surface area (Å²) in [5.74, 6) is 1.13. The van der Waals surface area contributed by atoms with Gasteiger partial charge in [-0.3, -0.25) is 9.79 Å². The van der Waals surface area contributed by atoms with Crippen LogP contribution < -0.4 is 14.8 Å². The molecule has 7 heteroatoms. The van der Waals surface area contributed by atoms with Crippen LogP contribution in [0.4, 0.5) is 0 Å². The minimum Gasteiger partial charge on any atom is -0.493 e. The quantitative estimate of drug-likeness (QED) is 0.458. The van der Waals surface area contributed by atoms with Crippen LogP contribution in [-0.4, -0.2) is 38.4 Å². The molecule has 4 rings (SSSR count). The largest absolute Gasteiger partial charge is 0.493 e. The molecule has 0 saturated carbocycles. The third-order valence-electron chi connectivity index (χ3n) is 5.90. The van der Waals surface area contributed by atoms with Crippen LogP contribution in [0.3, 0.4) is 0 Å². The van der Waals surface area contributed by atoms with Gasteiger partial charge in [-0.05, 0) is 53.8 Å². The fourth-order valence-electron chi connectivity index (χ4n) is 4.22. The third-order valence-corrected chi connectivity index (χ3v) is 6.60. The smallest absolute Gasteiger partial charge is 0.225 e. The number of nitrogens with zero attached hydrogens (tertiary/aromatic N) is 1. The average molecular weight is 497 g/mol. The van der Waals surface area contributed by atoms with Crippen LogP contribution in [0.2, 0.25) is 10.0 Å². The maximum absolute atomic E-state index is 13.2. The molecule has 176 valence electrons. The minimum atomic E-state index is -0.340. The van der Waals surface area contributed by atoms with E-state index in [1.807, 2.05) is 42.5 Å². The Morgan fingerprint density at radius 2 is 1.68 bits per heavy atom. The predicted molar refractivity (Wildman–Crippen MR) is 137 cm³/mol. The summed E-state index contributed by atoms with van der Waals surface area (Å²) in [7, 11) is 3.24. The number of halogens is 2. The second-order valence-corrected chi connectivity index (χ2v) is 8.88. The van der Waals surface area contributed by atoms with Crippen molar-refractivity contribution in [3.8, 4) is 11.5 Å². The van der Waals surface area contributed by atoms with Crippen LogP contribution in [0.1, 0.15) is 22.3 Å². The van der Waals surface area contributed by atoms with Gasteiger partial charge in [0.1, 0.15) is 0 Å². The normalized spacial score (nSPS) is 13.5. The molecule has 0 bridgehead atoms. The topological polar surface area (TPSA) is 59.9 Å². The molecular formula is C27H26Cl2N2O3. The molecule has 1 aliphatic heterocycles. The van der Waals surface area contributed by atoms with E-state index in [1.54, 1.807) is 32.4 Å². The van der Waals surface area contributed by atoms with Crippen molar-refractivity contribution < 1.29 is 14.3 Å². The lowest BCUT2D eigenvalue weighted by Gasteiger charge is -2.27. The molecule has 0 radical (unpaired) electrons. The van der Waals surface area contributed by atoms with Crippen LogP contribution in [0, 0.1) is 0 Å². The van der Waals surface area contributed by atoms with Gasteiger partial charge in [-0.15, -0.1) is 0 Å². The summed E-state index contributed by atoms with van der Waals surface area (Å²) in [4.78, 5) is 18.0. The van der Waals surface area contributed by atoms with E-state index >= 15 is 0 Å². The number of fused-ring (bicyclic) bond motifs is 1. The first-order chi connectivity index (χ1) is 16.5. The maximum Gasteiger partial charge on any atom is 0.225 e. The van der Waals surface area contributed by atoms with Crippen LogP contribution in [0.5, 0.6) is 11.5 Å². The molecule has 0 aromatic heterocycles. The van der Waals surface area contributed by atoms with Crippen LogP contribution in [0.25, 0.3) is 0 Å². The third kappa shape index (κ3) is 5.37. The van der Waals surface area contributed by atoms with E-state index in [9.17, 15) is 4.79 Å². The van der Waals surface area contributed by atoms with Crippen molar-refractivity contribution in [2.24, 2.45) is 4.99 Å². The van der Waals surface area contributed by atoms with Gasteiger partial charge in [0.15, 0.2) is 11.5 Å². The molecule has 1 amide bonds. The first-order valence-electron chi connectivity index (χ1n) is 11.1. The van der Waals surface area contributed by atoms with E-state index in [2.05, 4.69) is 5.32 Å². The molecule has 3 aromatic carbocycles. The molecule has 5 nitrogen and oxygen atoms in total.